The van der Waals surface area contributed by atoms with E-state index in [4.69, 9.17) is 23.3 Å². The third-order valence-electron chi connectivity index (χ3n) is 8.90. The van der Waals surface area contributed by atoms with E-state index in [9.17, 15) is 14.2 Å². The predicted octanol–water partition coefficient (Wildman–Crippen LogP) is 6.70. The smallest absolute Gasteiger partial charge is 0.349 e. The van der Waals surface area contributed by atoms with Crippen molar-refractivity contribution in [1.82, 2.24) is 9.55 Å². The van der Waals surface area contributed by atoms with Gasteiger partial charge in [-0.2, -0.15) is 4.98 Å². The van der Waals surface area contributed by atoms with Crippen LogP contribution in [0.3, 0.4) is 0 Å². The zero-order valence-electron chi connectivity index (χ0n) is 29.7. The first-order valence-corrected chi connectivity index (χ1v) is 18.6. The molecule has 1 aromatic heterocycles. The molecular weight excluding hydrogens is 681 g/mol. The van der Waals surface area contributed by atoms with Crippen LogP contribution < -0.4 is 15.7 Å². The van der Waals surface area contributed by atoms with Crippen molar-refractivity contribution in [2.75, 3.05) is 39.9 Å². The minimum absolute atomic E-state index is 0.106. The zero-order chi connectivity index (χ0) is 37.0. The van der Waals surface area contributed by atoms with Crippen molar-refractivity contribution in [2.24, 2.45) is 0 Å². The summed E-state index contributed by atoms with van der Waals surface area (Å²) in [5, 5.41) is 3.60. The molecule has 0 radical (unpaired) electrons. The van der Waals surface area contributed by atoms with E-state index in [2.05, 4.69) is 10.3 Å². The molecule has 272 valence electrons. The van der Waals surface area contributed by atoms with Crippen molar-refractivity contribution in [3.63, 3.8) is 0 Å². The van der Waals surface area contributed by atoms with Crippen molar-refractivity contribution in [3.8, 4) is 5.75 Å². The van der Waals surface area contributed by atoms with E-state index in [0.29, 0.717) is 11.6 Å². The van der Waals surface area contributed by atoms with E-state index in [-0.39, 0.29) is 25.5 Å². The highest BCUT2D eigenvalue weighted by molar-refractivity contribution is 7.53. The molecule has 0 amide bonds. The number of ether oxygens (including phenoxy) is 3. The normalized spacial score (nSPS) is 12.8. The summed E-state index contributed by atoms with van der Waals surface area (Å²) < 4.78 is 41.6. The van der Waals surface area contributed by atoms with Crippen molar-refractivity contribution in [2.45, 2.75) is 37.1 Å². The summed E-state index contributed by atoms with van der Waals surface area (Å²) in [5.41, 5.74) is 2.21. The van der Waals surface area contributed by atoms with Gasteiger partial charge in [-0.15, -0.1) is 0 Å². The number of carbonyl (C=O) groups excluding carboxylic acids is 1. The molecule has 0 aliphatic heterocycles. The van der Waals surface area contributed by atoms with Gasteiger partial charge in [-0.3, -0.25) is 9.13 Å². The van der Waals surface area contributed by atoms with E-state index in [1.807, 2.05) is 115 Å². The summed E-state index contributed by atoms with van der Waals surface area (Å²) in [6.07, 6.45) is 0.0116. The molecule has 0 aliphatic rings. The average molecular weight is 726 g/mol. The molecule has 5 aromatic rings. The molecule has 0 bridgehead atoms. The average Bonchev–Trinajstić information content (AvgIpc) is 3.19. The van der Waals surface area contributed by atoms with Crippen LogP contribution >= 0.6 is 7.60 Å². The summed E-state index contributed by atoms with van der Waals surface area (Å²) in [6, 6.07) is 38.8. The third-order valence-corrected chi connectivity index (χ3v) is 10.9. The van der Waals surface area contributed by atoms with Crippen molar-refractivity contribution < 1.29 is 32.6 Å². The first kappa shape index (κ1) is 38.2. The second-order valence-corrected chi connectivity index (χ2v) is 14.4. The number of rotatable bonds is 18. The summed E-state index contributed by atoms with van der Waals surface area (Å²) >= 11 is 0. The fourth-order valence-corrected chi connectivity index (χ4v) is 7.27. The third kappa shape index (κ3) is 9.23. The number of aromatic nitrogens is 2. The summed E-state index contributed by atoms with van der Waals surface area (Å²) in [6.45, 7) is 0.106. The number of benzene rings is 4. The first-order valence-electron chi connectivity index (χ1n) is 16.8. The summed E-state index contributed by atoms with van der Waals surface area (Å²) in [5.74, 6) is 0.432. The fraction of sp³-hybridized carbons (Fsp3) is 0.275. The molecule has 52 heavy (non-hydrogen) atoms. The van der Waals surface area contributed by atoms with Gasteiger partial charge in [-0.05, 0) is 40.5 Å². The van der Waals surface area contributed by atoms with Crippen molar-refractivity contribution >= 4 is 19.4 Å². The van der Waals surface area contributed by atoms with Gasteiger partial charge in [-0.25, -0.2) is 9.59 Å². The number of hydrogen-bond donors (Lipinski definition) is 1. The van der Waals surface area contributed by atoms with Gasteiger partial charge < -0.3 is 28.6 Å². The van der Waals surface area contributed by atoms with Crippen LogP contribution in [-0.2, 0) is 46.4 Å². The van der Waals surface area contributed by atoms with Crippen LogP contribution in [0.15, 0.2) is 132 Å². The molecule has 0 saturated heterocycles. The van der Waals surface area contributed by atoms with Crippen LogP contribution in [0.1, 0.15) is 28.7 Å². The Hall–Kier alpha value is -5.06. The Labute approximate surface area is 304 Å². The molecule has 0 unspecified atom stereocenters. The molecule has 11 nitrogen and oxygen atoms in total. The van der Waals surface area contributed by atoms with Gasteiger partial charge in [0.1, 0.15) is 23.2 Å². The number of aryl methyl sites for hydroxylation is 1. The number of nitrogens with zero attached hydrogens (tertiary/aromatic N) is 2. The van der Waals surface area contributed by atoms with E-state index < -0.39 is 37.0 Å². The van der Waals surface area contributed by atoms with Gasteiger partial charge in [0.2, 0.25) is 0 Å². The molecule has 2 atom stereocenters. The number of carbonyl (C=O) groups is 1. The van der Waals surface area contributed by atoms with Crippen LogP contribution in [0.25, 0.3) is 0 Å². The summed E-state index contributed by atoms with van der Waals surface area (Å²) in [7, 11) is 2.00. The monoisotopic (exact) mass is 725 g/mol. The lowest BCUT2D eigenvalue weighted by Gasteiger charge is -2.37. The number of hydrogen-bond acceptors (Lipinski definition) is 10. The van der Waals surface area contributed by atoms with Gasteiger partial charge in [0.05, 0.1) is 13.3 Å². The van der Waals surface area contributed by atoms with Gasteiger partial charge in [0.15, 0.2) is 6.10 Å². The Balaban J connectivity index is 1.42. The van der Waals surface area contributed by atoms with Gasteiger partial charge in [0, 0.05) is 46.9 Å². The maximum absolute atomic E-state index is 13.6. The Morgan fingerprint density at radius 1 is 0.788 bits per heavy atom. The topological polar surface area (TPSA) is 127 Å². The molecule has 0 aliphatic carbocycles. The Morgan fingerprint density at radius 2 is 1.35 bits per heavy atom. The predicted molar refractivity (Wildman–Crippen MR) is 200 cm³/mol. The molecule has 12 heteroatoms. The van der Waals surface area contributed by atoms with Crippen LogP contribution in [0.5, 0.6) is 5.75 Å². The van der Waals surface area contributed by atoms with Gasteiger partial charge >= 0.3 is 19.3 Å². The van der Waals surface area contributed by atoms with Crippen LogP contribution in [-0.4, -0.2) is 62.3 Å². The van der Waals surface area contributed by atoms with Gasteiger partial charge in [-0.1, -0.05) is 103 Å². The molecule has 0 fully saturated rings. The minimum Gasteiger partial charge on any atom is -0.497 e. The molecule has 1 N–H and O–H groups in total. The lowest BCUT2D eigenvalue weighted by Crippen LogP contribution is -2.39. The van der Waals surface area contributed by atoms with Crippen molar-refractivity contribution in [1.29, 1.82) is 0 Å². The van der Waals surface area contributed by atoms with Crippen molar-refractivity contribution in [3.05, 3.63) is 160 Å². The van der Waals surface area contributed by atoms with Crippen LogP contribution in [0.4, 0.5) is 5.82 Å². The zero-order valence-corrected chi connectivity index (χ0v) is 30.6. The SMILES string of the molecule is COc1ccc(C(Nc2ccn(CC[C@H](CP(=O)(OC)OC)OC(=O)[C@@H](Cc3ccccc3)OC)c(=O)n2)(c2ccccc2)c2ccccc2)cc1. The van der Waals surface area contributed by atoms with E-state index in [1.54, 1.807) is 19.4 Å². The molecule has 4 aromatic carbocycles. The Morgan fingerprint density at radius 3 is 1.87 bits per heavy atom. The lowest BCUT2D eigenvalue weighted by molar-refractivity contribution is -0.160. The highest BCUT2D eigenvalue weighted by Gasteiger charge is 2.37. The maximum Gasteiger partial charge on any atom is 0.349 e. The second-order valence-electron chi connectivity index (χ2n) is 12.0. The molecule has 0 saturated carbocycles. The fourth-order valence-electron chi connectivity index (χ4n) is 6.07. The minimum atomic E-state index is -3.60. The number of anilines is 1. The Bertz CT molecular complexity index is 1930. The highest BCUT2D eigenvalue weighted by Crippen LogP contribution is 2.47. The largest absolute Gasteiger partial charge is 0.497 e. The molecule has 1 heterocycles. The van der Waals surface area contributed by atoms with E-state index in [1.165, 1.54) is 25.9 Å². The molecule has 0 spiro atoms. The first-order chi connectivity index (χ1) is 25.2. The quantitative estimate of drug-likeness (QED) is 0.0592. The maximum atomic E-state index is 13.6. The van der Waals surface area contributed by atoms with Crippen LogP contribution in [0.2, 0.25) is 0 Å². The number of methoxy groups -OCH3 is 2. The number of esters is 1. The highest BCUT2D eigenvalue weighted by atomic mass is 31.2. The standard InChI is InChI=1S/C40H44N3O8P/c1-47-34-22-20-33(21-23-34)40(31-16-10-6-11-17-31,32-18-12-7-13-19-32)42-37-25-27-43(39(45)41-37)26-24-35(29-52(46,49-3)50-4)51-38(44)36(48-2)28-30-14-8-5-9-15-30/h5-23,25,27,35-36H,24,26,28-29H2,1-4H3,(H,41,42,45)/t35-,36-/m1/s1. The van der Waals surface area contributed by atoms with Crippen LogP contribution in [0, 0.1) is 0 Å². The number of nitrogens with one attached hydrogen (secondary N) is 1. The van der Waals surface area contributed by atoms with E-state index in [0.717, 1.165) is 22.3 Å². The second kappa shape index (κ2) is 17.9. The van der Waals surface area contributed by atoms with Gasteiger partial charge in [0.25, 0.3) is 0 Å². The lowest BCUT2D eigenvalue weighted by atomic mass is 9.77. The van der Waals surface area contributed by atoms with E-state index >= 15 is 0 Å². The summed E-state index contributed by atoms with van der Waals surface area (Å²) in [4.78, 5) is 31.3. The molecular formula is C40H44N3O8P. The Kier molecular flexibility index (Phi) is 13.2. The molecule has 5 rings (SSSR count).